The maximum absolute atomic E-state index is 13.3. The maximum atomic E-state index is 13.3. The molecule has 0 spiro atoms. The molecule has 0 amide bonds. The Balaban J connectivity index is 2.03. The predicted octanol–water partition coefficient (Wildman–Crippen LogP) is 4.30. The van der Waals surface area contributed by atoms with Gasteiger partial charge < -0.3 is 0 Å². The molecule has 0 aliphatic heterocycles. The largest absolute Gasteiger partial charge is 0.283 e. The highest BCUT2D eigenvalue weighted by Crippen LogP contribution is 2.25. The molecule has 2 heterocycles. The van der Waals surface area contributed by atoms with Crippen LogP contribution in [0.2, 0.25) is 0 Å². The van der Waals surface area contributed by atoms with Gasteiger partial charge in [0.2, 0.25) is 0 Å². The van der Waals surface area contributed by atoms with Crippen molar-refractivity contribution in [3.05, 3.63) is 101 Å². The lowest BCUT2D eigenvalue weighted by atomic mass is 10.00. The van der Waals surface area contributed by atoms with Crippen LogP contribution in [0.25, 0.3) is 28.2 Å². The van der Waals surface area contributed by atoms with E-state index in [0.717, 1.165) is 0 Å². The molecule has 4 aromatic rings. The topological polar surface area (TPSA) is 71.6 Å². The zero-order valence-corrected chi connectivity index (χ0v) is 15.3. The van der Waals surface area contributed by atoms with Gasteiger partial charge >= 0.3 is 0 Å². The first-order valence-electron chi connectivity index (χ1n) is 8.90. The lowest BCUT2D eigenvalue weighted by Crippen LogP contribution is -2.20. The minimum Gasteiger partial charge on any atom is -0.283 e. The van der Waals surface area contributed by atoms with Crippen LogP contribution in [-0.4, -0.2) is 14.5 Å². The summed E-state index contributed by atoms with van der Waals surface area (Å²) in [6.45, 7) is -0.631. The fourth-order valence-electron chi connectivity index (χ4n) is 3.14. The van der Waals surface area contributed by atoms with Crippen LogP contribution in [0.5, 0.6) is 0 Å². The van der Waals surface area contributed by atoms with Crippen molar-refractivity contribution in [2.24, 2.45) is 0 Å². The molecule has 2 aromatic heterocycles. The van der Waals surface area contributed by atoms with E-state index in [1.54, 1.807) is 79.3 Å². The van der Waals surface area contributed by atoms with E-state index in [-0.39, 0.29) is 5.56 Å². The Bertz CT molecular complexity index is 1280. The summed E-state index contributed by atoms with van der Waals surface area (Å²) in [5, 5.41) is 9.49. The average molecular weight is 381 g/mol. The zero-order valence-electron chi connectivity index (χ0n) is 15.3. The first-order chi connectivity index (χ1) is 14.2. The maximum Gasteiger partial charge on any atom is 0.263 e. The summed E-state index contributed by atoms with van der Waals surface area (Å²) in [4.78, 5) is 21.9. The molecule has 0 aliphatic rings. The number of halogens is 1. The van der Waals surface area contributed by atoms with Crippen LogP contribution in [0, 0.1) is 11.3 Å². The van der Waals surface area contributed by atoms with Crippen LogP contribution >= 0.6 is 0 Å². The number of hydrogen-bond acceptors (Lipinski definition) is 4. The second-order valence-corrected chi connectivity index (χ2v) is 6.35. The van der Waals surface area contributed by atoms with Crippen LogP contribution in [-0.2, 0) is 6.67 Å². The zero-order chi connectivity index (χ0) is 20.2. The molecule has 140 valence electrons. The molecule has 2 aromatic carbocycles. The van der Waals surface area contributed by atoms with E-state index < -0.39 is 6.67 Å². The van der Waals surface area contributed by atoms with Crippen LogP contribution < -0.4 is 5.56 Å². The van der Waals surface area contributed by atoms with Crippen molar-refractivity contribution >= 4 is 0 Å². The molecule has 4 rings (SSSR count). The Morgan fingerprint density at radius 2 is 1.76 bits per heavy atom. The molecular formula is C23H15FN4O. The summed E-state index contributed by atoms with van der Waals surface area (Å²) in [6.07, 6.45) is 4.86. The van der Waals surface area contributed by atoms with Gasteiger partial charge in [-0.05, 0) is 35.9 Å². The van der Waals surface area contributed by atoms with E-state index in [4.69, 9.17) is 0 Å². The minimum absolute atomic E-state index is 0.316. The van der Waals surface area contributed by atoms with Crippen LogP contribution in [0.3, 0.4) is 0 Å². The number of rotatable bonds is 4. The van der Waals surface area contributed by atoms with Gasteiger partial charge in [0.15, 0.2) is 5.82 Å². The number of benzene rings is 2. The van der Waals surface area contributed by atoms with Crippen LogP contribution in [0.4, 0.5) is 4.39 Å². The first kappa shape index (κ1) is 18.3. The van der Waals surface area contributed by atoms with Gasteiger partial charge in [-0.3, -0.25) is 9.36 Å². The number of aromatic nitrogens is 3. The Labute approximate surface area is 166 Å². The van der Waals surface area contributed by atoms with Crippen molar-refractivity contribution in [3.8, 4) is 34.3 Å². The minimum atomic E-state index is -0.631. The van der Waals surface area contributed by atoms with E-state index in [1.807, 2.05) is 0 Å². The Hall–Kier alpha value is -4.11. The summed E-state index contributed by atoms with van der Waals surface area (Å²) in [5.74, 6) is 0.443. The molecule has 0 atom stereocenters. The monoisotopic (exact) mass is 381 g/mol. The van der Waals surface area contributed by atoms with Gasteiger partial charge in [-0.15, -0.1) is 0 Å². The van der Waals surface area contributed by atoms with Gasteiger partial charge in [-0.25, -0.2) is 14.4 Å². The molecular weight excluding hydrogens is 366 g/mol. The molecule has 0 fully saturated rings. The quantitative estimate of drug-likeness (QED) is 0.528. The normalized spacial score (nSPS) is 10.5. The highest BCUT2D eigenvalue weighted by atomic mass is 18.2. The van der Waals surface area contributed by atoms with Crippen molar-refractivity contribution in [3.63, 3.8) is 0 Å². The molecule has 0 radical (unpaired) electrons. The number of nitrogens with zero attached hydrogens (tertiary/aromatic N) is 4. The summed E-state index contributed by atoms with van der Waals surface area (Å²) >= 11 is 0. The molecule has 5 nitrogen and oxygen atoms in total. The molecule has 0 aliphatic carbocycles. The Morgan fingerprint density at radius 1 is 0.966 bits per heavy atom. The number of hydrogen-bond donors (Lipinski definition) is 0. The molecule has 29 heavy (non-hydrogen) atoms. The molecule has 0 saturated heterocycles. The lowest BCUT2D eigenvalue weighted by molar-refractivity contribution is 0.485. The fraction of sp³-hybridized carbons (Fsp3) is 0.0435. The van der Waals surface area contributed by atoms with Crippen LogP contribution in [0.15, 0.2) is 84.0 Å². The summed E-state index contributed by atoms with van der Waals surface area (Å²) < 4.78 is 14.6. The molecule has 0 unspecified atom stereocenters. The first-order valence-corrected chi connectivity index (χ1v) is 8.90. The lowest BCUT2D eigenvalue weighted by Gasteiger charge is -2.13. The highest BCUT2D eigenvalue weighted by Gasteiger charge is 2.15. The Kier molecular flexibility index (Phi) is 4.95. The second kappa shape index (κ2) is 7.87. The van der Waals surface area contributed by atoms with Gasteiger partial charge in [-0.2, -0.15) is 5.26 Å². The third-order valence-corrected chi connectivity index (χ3v) is 4.52. The number of pyridine rings is 1. The van der Waals surface area contributed by atoms with Gasteiger partial charge in [0.1, 0.15) is 6.67 Å². The van der Waals surface area contributed by atoms with E-state index in [9.17, 15) is 14.4 Å². The van der Waals surface area contributed by atoms with Crippen molar-refractivity contribution < 1.29 is 4.39 Å². The molecule has 0 N–H and O–H groups in total. The SMILES string of the molecule is N#Cc1ccccc1-c1cc(-c2ncccn2)cn(-c2cccc(C[18F])c2)c1=O. The third kappa shape index (κ3) is 3.54. The van der Waals surface area contributed by atoms with Crippen molar-refractivity contribution in [2.45, 2.75) is 6.67 Å². The van der Waals surface area contributed by atoms with Gasteiger partial charge in [0.25, 0.3) is 5.56 Å². The van der Waals surface area contributed by atoms with Gasteiger partial charge in [0.05, 0.1) is 11.6 Å². The summed E-state index contributed by atoms with van der Waals surface area (Å²) in [6, 6.07) is 19.1. The van der Waals surface area contributed by atoms with Crippen molar-refractivity contribution in [1.29, 1.82) is 5.26 Å². The molecule has 0 saturated carbocycles. The number of nitriles is 1. The smallest absolute Gasteiger partial charge is 0.263 e. The van der Waals surface area contributed by atoms with E-state index in [2.05, 4.69) is 16.0 Å². The van der Waals surface area contributed by atoms with Crippen LogP contribution in [0.1, 0.15) is 11.1 Å². The molecule has 6 heteroatoms. The van der Waals surface area contributed by atoms with E-state index in [1.165, 1.54) is 4.57 Å². The van der Waals surface area contributed by atoms with Gasteiger partial charge in [0, 0.05) is 41.0 Å². The highest BCUT2D eigenvalue weighted by molar-refractivity contribution is 5.74. The Morgan fingerprint density at radius 3 is 2.52 bits per heavy atom. The second-order valence-electron chi connectivity index (χ2n) is 6.35. The molecule has 0 bridgehead atoms. The fourth-order valence-corrected chi connectivity index (χ4v) is 3.14. The summed E-state index contributed by atoms with van der Waals surface area (Å²) in [5.41, 5.74) is 2.54. The van der Waals surface area contributed by atoms with E-state index >= 15 is 0 Å². The third-order valence-electron chi connectivity index (χ3n) is 4.52. The van der Waals surface area contributed by atoms with Gasteiger partial charge in [-0.1, -0.05) is 30.3 Å². The van der Waals surface area contributed by atoms with E-state index in [0.29, 0.717) is 39.3 Å². The predicted molar refractivity (Wildman–Crippen MR) is 108 cm³/mol. The summed E-state index contributed by atoms with van der Waals surface area (Å²) in [7, 11) is 0. The van der Waals surface area contributed by atoms with Crippen molar-refractivity contribution in [2.75, 3.05) is 0 Å². The number of alkyl halides is 1. The van der Waals surface area contributed by atoms with Crippen molar-refractivity contribution in [1.82, 2.24) is 14.5 Å². The average Bonchev–Trinajstić information content (AvgIpc) is 2.80. The standard InChI is InChI=1S/C23H15FN4O/c24-13-16-5-3-7-19(11-16)28-15-18(22-26-9-4-10-27-22)12-21(23(28)29)20-8-2-1-6-17(20)14-25/h1-12,15H,13H2/i24-1.